The summed E-state index contributed by atoms with van der Waals surface area (Å²) in [6, 6.07) is 4.35. The lowest BCUT2D eigenvalue weighted by atomic mass is 10.0. The van der Waals surface area contributed by atoms with Gasteiger partial charge in [-0.25, -0.2) is 17.9 Å². The van der Waals surface area contributed by atoms with Crippen LogP contribution >= 0.6 is 0 Å². The molecule has 130 valence electrons. The van der Waals surface area contributed by atoms with E-state index in [1.807, 2.05) is 0 Å². The number of nitrogens with one attached hydrogen (secondary N) is 1. The van der Waals surface area contributed by atoms with Gasteiger partial charge in [0.2, 0.25) is 5.91 Å². The van der Waals surface area contributed by atoms with Gasteiger partial charge in [-0.1, -0.05) is 0 Å². The zero-order chi connectivity index (χ0) is 17.5. The number of rotatable bonds is 3. The summed E-state index contributed by atoms with van der Waals surface area (Å²) in [5, 5.41) is 0. The molecule has 1 saturated heterocycles. The molecule has 24 heavy (non-hydrogen) atoms. The Morgan fingerprint density at radius 3 is 2.46 bits per heavy atom. The van der Waals surface area contributed by atoms with Crippen LogP contribution in [0.4, 0.5) is 0 Å². The summed E-state index contributed by atoms with van der Waals surface area (Å²) in [7, 11) is -0.798. The molecule has 1 fully saturated rings. The molecule has 1 amide bonds. The van der Waals surface area contributed by atoms with E-state index in [1.54, 1.807) is 20.2 Å². The van der Waals surface area contributed by atoms with E-state index < -0.39 is 15.9 Å². The Morgan fingerprint density at radius 1 is 1.17 bits per heavy atom. The number of aromatic nitrogens is 2. The highest BCUT2D eigenvalue weighted by atomic mass is 32.2. The molecule has 0 aliphatic carbocycles. The number of ether oxygens (including phenoxy) is 1. The van der Waals surface area contributed by atoms with E-state index in [-0.39, 0.29) is 16.5 Å². The summed E-state index contributed by atoms with van der Waals surface area (Å²) < 4.78 is 35.1. The van der Waals surface area contributed by atoms with Gasteiger partial charge < -0.3 is 4.74 Å². The van der Waals surface area contributed by atoms with Crippen LogP contribution in [0.2, 0.25) is 0 Å². The predicted octanol–water partition coefficient (Wildman–Crippen LogP) is 0.108. The molecule has 1 aromatic carbocycles. The molecule has 1 aliphatic rings. The molecule has 2 aromatic rings. The number of hydrogen-bond donors (Lipinski definition) is 1. The van der Waals surface area contributed by atoms with E-state index in [2.05, 4.69) is 4.72 Å². The van der Waals surface area contributed by atoms with Crippen LogP contribution in [0.3, 0.4) is 0 Å². The Labute approximate surface area is 139 Å². The highest BCUT2D eigenvalue weighted by molar-refractivity contribution is 7.90. The van der Waals surface area contributed by atoms with Gasteiger partial charge >= 0.3 is 5.69 Å². The first-order valence-electron chi connectivity index (χ1n) is 7.61. The lowest BCUT2D eigenvalue weighted by Gasteiger charge is -2.21. The fraction of sp³-hybridized carbons (Fsp3) is 0.467. The van der Waals surface area contributed by atoms with Gasteiger partial charge in [-0.2, -0.15) is 0 Å². The number of hydrogen-bond acceptors (Lipinski definition) is 5. The number of amides is 1. The van der Waals surface area contributed by atoms with Crippen molar-refractivity contribution in [1.82, 2.24) is 13.9 Å². The number of sulfonamides is 1. The third-order valence-electron chi connectivity index (χ3n) is 4.38. The Kier molecular flexibility index (Phi) is 4.22. The van der Waals surface area contributed by atoms with Crippen LogP contribution in [0.5, 0.6) is 0 Å². The molecular formula is C15H19N3O5S. The molecule has 0 bridgehead atoms. The van der Waals surface area contributed by atoms with Crippen molar-refractivity contribution in [2.45, 2.75) is 17.7 Å². The van der Waals surface area contributed by atoms with Crippen LogP contribution in [-0.4, -0.2) is 36.7 Å². The molecule has 8 nitrogen and oxygen atoms in total. The molecule has 2 heterocycles. The maximum Gasteiger partial charge on any atom is 0.328 e. The van der Waals surface area contributed by atoms with Crippen LogP contribution in [0.1, 0.15) is 12.8 Å². The predicted molar refractivity (Wildman–Crippen MR) is 87.0 cm³/mol. The third-order valence-corrected chi connectivity index (χ3v) is 5.73. The van der Waals surface area contributed by atoms with Crippen molar-refractivity contribution in [3.63, 3.8) is 0 Å². The van der Waals surface area contributed by atoms with E-state index in [9.17, 15) is 18.0 Å². The average molecular weight is 353 g/mol. The van der Waals surface area contributed by atoms with Crippen molar-refractivity contribution >= 4 is 27.0 Å². The van der Waals surface area contributed by atoms with Crippen molar-refractivity contribution < 1.29 is 17.9 Å². The second-order valence-corrected chi connectivity index (χ2v) is 7.59. The normalized spacial score (nSPS) is 16.4. The largest absolute Gasteiger partial charge is 0.381 e. The standard InChI is InChI=1S/C15H19N3O5S/c1-17-12-4-3-11(9-13(12)18(2)15(17)20)24(21,22)16-14(19)10-5-7-23-8-6-10/h3-4,9-10H,5-8H2,1-2H3,(H,16,19). The summed E-state index contributed by atoms with van der Waals surface area (Å²) >= 11 is 0. The van der Waals surface area contributed by atoms with E-state index >= 15 is 0 Å². The van der Waals surface area contributed by atoms with Crippen LogP contribution in [0.25, 0.3) is 11.0 Å². The molecule has 9 heteroatoms. The zero-order valence-corrected chi connectivity index (χ0v) is 14.3. The molecule has 0 saturated carbocycles. The maximum atomic E-state index is 12.5. The Hall–Kier alpha value is -2.13. The summed E-state index contributed by atoms with van der Waals surface area (Å²) in [5.41, 5.74) is 0.867. The molecule has 0 radical (unpaired) electrons. The first-order valence-corrected chi connectivity index (χ1v) is 9.09. The second-order valence-electron chi connectivity index (χ2n) is 5.91. The fourth-order valence-corrected chi connectivity index (χ4v) is 3.95. The lowest BCUT2D eigenvalue weighted by Crippen LogP contribution is -2.38. The number of benzene rings is 1. The molecule has 1 N–H and O–H groups in total. The Morgan fingerprint density at radius 2 is 1.79 bits per heavy atom. The fourth-order valence-electron chi connectivity index (χ4n) is 2.89. The van der Waals surface area contributed by atoms with Gasteiger partial charge in [0.25, 0.3) is 10.0 Å². The minimum atomic E-state index is -3.99. The van der Waals surface area contributed by atoms with Crippen LogP contribution in [-0.2, 0) is 33.7 Å². The van der Waals surface area contributed by atoms with Gasteiger partial charge in [0, 0.05) is 33.2 Å². The monoisotopic (exact) mass is 353 g/mol. The van der Waals surface area contributed by atoms with Crippen LogP contribution < -0.4 is 10.4 Å². The van der Waals surface area contributed by atoms with Gasteiger partial charge in [0.15, 0.2) is 0 Å². The first kappa shape index (κ1) is 16.7. The topological polar surface area (TPSA) is 99.4 Å². The zero-order valence-electron chi connectivity index (χ0n) is 13.5. The Bertz CT molecular complexity index is 951. The smallest absolute Gasteiger partial charge is 0.328 e. The summed E-state index contributed by atoms with van der Waals surface area (Å²) in [6.07, 6.45) is 1.02. The van der Waals surface area contributed by atoms with Gasteiger partial charge in [0.1, 0.15) is 0 Å². The molecular weight excluding hydrogens is 334 g/mol. The van der Waals surface area contributed by atoms with Crippen molar-refractivity contribution in [2.24, 2.45) is 20.0 Å². The molecule has 0 spiro atoms. The van der Waals surface area contributed by atoms with Crippen molar-refractivity contribution in [1.29, 1.82) is 0 Å². The highest BCUT2D eigenvalue weighted by Crippen LogP contribution is 2.19. The van der Waals surface area contributed by atoms with Crippen molar-refractivity contribution in [3.8, 4) is 0 Å². The second kappa shape index (κ2) is 6.06. The lowest BCUT2D eigenvalue weighted by molar-refractivity contribution is -0.125. The number of carbonyl (C=O) groups excluding carboxylic acids is 1. The summed E-state index contributed by atoms with van der Waals surface area (Å²) in [6.45, 7) is 0.909. The van der Waals surface area contributed by atoms with Gasteiger partial charge in [-0.05, 0) is 31.0 Å². The number of aryl methyl sites for hydroxylation is 2. The van der Waals surface area contributed by atoms with Gasteiger partial charge in [-0.15, -0.1) is 0 Å². The van der Waals surface area contributed by atoms with Gasteiger partial charge in [-0.3, -0.25) is 13.9 Å². The minimum Gasteiger partial charge on any atom is -0.381 e. The third kappa shape index (κ3) is 2.84. The molecule has 1 aromatic heterocycles. The van der Waals surface area contributed by atoms with Crippen LogP contribution in [0, 0.1) is 5.92 Å². The van der Waals surface area contributed by atoms with Gasteiger partial charge in [0.05, 0.1) is 15.9 Å². The highest BCUT2D eigenvalue weighted by Gasteiger charge is 2.26. The molecule has 1 aliphatic heterocycles. The summed E-state index contributed by atoms with van der Waals surface area (Å²) in [5.74, 6) is -0.876. The number of fused-ring (bicyclic) bond motifs is 1. The van der Waals surface area contributed by atoms with Crippen LogP contribution in [0.15, 0.2) is 27.9 Å². The maximum absolute atomic E-state index is 12.5. The molecule has 0 atom stereocenters. The number of imidazole rings is 1. The first-order chi connectivity index (χ1) is 11.3. The Balaban J connectivity index is 1.92. The molecule has 0 unspecified atom stereocenters. The number of carbonyl (C=O) groups is 1. The molecule has 3 rings (SSSR count). The van der Waals surface area contributed by atoms with Crippen molar-refractivity contribution in [2.75, 3.05) is 13.2 Å². The quantitative estimate of drug-likeness (QED) is 0.844. The summed E-state index contributed by atoms with van der Waals surface area (Å²) in [4.78, 5) is 24.1. The number of nitrogens with zero attached hydrogens (tertiary/aromatic N) is 2. The van der Waals surface area contributed by atoms with E-state index in [1.165, 1.54) is 21.3 Å². The van der Waals surface area contributed by atoms with Crippen molar-refractivity contribution in [3.05, 3.63) is 28.7 Å². The van der Waals surface area contributed by atoms with E-state index in [4.69, 9.17) is 4.74 Å². The average Bonchev–Trinajstić information content (AvgIpc) is 2.79. The SMILES string of the molecule is Cn1c(=O)n(C)c2cc(S(=O)(=O)NC(=O)C3CCOCC3)ccc21. The minimum absolute atomic E-state index is 0.0448. The van der Waals surface area contributed by atoms with E-state index in [0.717, 1.165) is 0 Å². The van der Waals surface area contributed by atoms with E-state index in [0.29, 0.717) is 37.1 Å².